The molecule has 1 heterocycles. The Morgan fingerprint density at radius 2 is 2.00 bits per heavy atom. The maximum atomic E-state index is 4.36. The minimum Gasteiger partial charge on any atom is -0.370 e. The van der Waals surface area contributed by atoms with Gasteiger partial charge in [-0.05, 0) is 64.3 Å². The molecule has 0 atom stereocenters. The molecule has 0 aliphatic carbocycles. The van der Waals surface area contributed by atoms with Crippen LogP contribution in [0.15, 0.2) is 18.3 Å². The van der Waals surface area contributed by atoms with Crippen LogP contribution in [0.1, 0.15) is 32.3 Å². The van der Waals surface area contributed by atoms with E-state index in [4.69, 9.17) is 0 Å². The highest BCUT2D eigenvalue weighted by Crippen LogP contribution is 2.10. The van der Waals surface area contributed by atoms with E-state index >= 15 is 0 Å². The summed E-state index contributed by atoms with van der Waals surface area (Å²) < 4.78 is 0. The van der Waals surface area contributed by atoms with Crippen LogP contribution in [0.5, 0.6) is 0 Å². The molecular weight excluding hydrogens is 248 g/mol. The molecule has 1 N–H and O–H groups in total. The van der Waals surface area contributed by atoms with Gasteiger partial charge in [-0.25, -0.2) is 4.98 Å². The quantitative estimate of drug-likeness (QED) is 0.713. The summed E-state index contributed by atoms with van der Waals surface area (Å²) in [6.07, 6.45) is 4.24. The van der Waals surface area contributed by atoms with Crippen LogP contribution in [0, 0.1) is 0 Å². The van der Waals surface area contributed by atoms with Gasteiger partial charge in [-0.1, -0.05) is 13.8 Å². The largest absolute Gasteiger partial charge is 0.370 e. The Hall–Kier alpha value is -1.13. The monoisotopic (exact) mass is 278 g/mol. The van der Waals surface area contributed by atoms with Gasteiger partial charge in [-0.3, -0.25) is 4.90 Å². The second kappa shape index (κ2) is 9.72. The lowest BCUT2D eigenvalue weighted by Crippen LogP contribution is -2.27. The van der Waals surface area contributed by atoms with Gasteiger partial charge in [-0.2, -0.15) is 0 Å². The molecule has 0 aliphatic heterocycles. The van der Waals surface area contributed by atoms with Gasteiger partial charge in [0.05, 0.1) is 0 Å². The maximum Gasteiger partial charge on any atom is 0.126 e. The first-order valence-corrected chi connectivity index (χ1v) is 7.71. The van der Waals surface area contributed by atoms with E-state index in [9.17, 15) is 0 Å². The van der Waals surface area contributed by atoms with Crippen molar-refractivity contribution < 1.29 is 0 Å². The van der Waals surface area contributed by atoms with Crippen molar-refractivity contribution in [2.24, 2.45) is 0 Å². The molecule has 0 unspecified atom stereocenters. The molecule has 4 nitrogen and oxygen atoms in total. The molecule has 0 saturated heterocycles. The number of hydrogen-bond acceptors (Lipinski definition) is 4. The van der Waals surface area contributed by atoms with Gasteiger partial charge in [-0.15, -0.1) is 0 Å². The SMILES string of the molecule is CCCNc1cc(CN(CC)CCCN(C)C)ccn1. The molecule has 0 fully saturated rings. The highest BCUT2D eigenvalue weighted by molar-refractivity contribution is 5.37. The second-order valence-corrected chi connectivity index (χ2v) is 5.50. The molecule has 0 spiro atoms. The van der Waals surface area contributed by atoms with E-state index in [0.29, 0.717) is 0 Å². The van der Waals surface area contributed by atoms with Crippen molar-refractivity contribution in [2.75, 3.05) is 45.6 Å². The van der Waals surface area contributed by atoms with E-state index in [1.165, 1.54) is 12.0 Å². The summed E-state index contributed by atoms with van der Waals surface area (Å²) in [4.78, 5) is 9.09. The summed E-state index contributed by atoms with van der Waals surface area (Å²) in [5.74, 6) is 0.994. The molecule has 0 radical (unpaired) electrons. The second-order valence-electron chi connectivity index (χ2n) is 5.50. The first kappa shape index (κ1) is 16.9. The van der Waals surface area contributed by atoms with Crippen LogP contribution in [-0.4, -0.2) is 55.1 Å². The van der Waals surface area contributed by atoms with E-state index in [1.807, 2.05) is 6.20 Å². The van der Waals surface area contributed by atoms with Crippen LogP contribution < -0.4 is 5.32 Å². The number of hydrogen-bond donors (Lipinski definition) is 1. The topological polar surface area (TPSA) is 31.4 Å². The van der Waals surface area contributed by atoms with Gasteiger partial charge < -0.3 is 10.2 Å². The number of pyridine rings is 1. The van der Waals surface area contributed by atoms with Gasteiger partial charge >= 0.3 is 0 Å². The van der Waals surface area contributed by atoms with E-state index in [2.05, 4.69) is 60.2 Å². The lowest BCUT2D eigenvalue weighted by Gasteiger charge is -2.21. The van der Waals surface area contributed by atoms with Crippen molar-refractivity contribution in [2.45, 2.75) is 33.2 Å². The zero-order valence-electron chi connectivity index (χ0n) is 13.5. The molecular formula is C16H30N4. The summed E-state index contributed by atoms with van der Waals surface area (Å²) >= 11 is 0. The molecule has 1 rings (SSSR count). The average Bonchev–Trinajstić information content (AvgIpc) is 2.44. The van der Waals surface area contributed by atoms with Gasteiger partial charge in [0.25, 0.3) is 0 Å². The van der Waals surface area contributed by atoms with E-state index < -0.39 is 0 Å². The fourth-order valence-corrected chi connectivity index (χ4v) is 2.14. The Balaban J connectivity index is 2.47. The van der Waals surface area contributed by atoms with Crippen molar-refractivity contribution in [3.05, 3.63) is 23.9 Å². The minimum absolute atomic E-state index is 0.983. The molecule has 0 aromatic carbocycles. The number of aromatic nitrogens is 1. The average molecular weight is 278 g/mol. The van der Waals surface area contributed by atoms with Crippen LogP contribution in [0.4, 0.5) is 5.82 Å². The summed E-state index contributed by atoms with van der Waals surface area (Å²) in [5.41, 5.74) is 1.34. The van der Waals surface area contributed by atoms with Crippen molar-refractivity contribution >= 4 is 5.82 Å². The zero-order valence-corrected chi connectivity index (χ0v) is 13.5. The molecule has 0 saturated carbocycles. The maximum absolute atomic E-state index is 4.36. The number of nitrogens with zero attached hydrogens (tertiary/aromatic N) is 3. The van der Waals surface area contributed by atoms with Crippen LogP contribution in [0.3, 0.4) is 0 Å². The van der Waals surface area contributed by atoms with Gasteiger partial charge in [0.15, 0.2) is 0 Å². The van der Waals surface area contributed by atoms with Crippen molar-refractivity contribution in [3.8, 4) is 0 Å². The molecule has 20 heavy (non-hydrogen) atoms. The molecule has 1 aromatic heterocycles. The van der Waals surface area contributed by atoms with Crippen LogP contribution in [-0.2, 0) is 6.54 Å². The van der Waals surface area contributed by atoms with E-state index in [-0.39, 0.29) is 0 Å². The Morgan fingerprint density at radius 3 is 2.65 bits per heavy atom. The summed E-state index contributed by atoms with van der Waals surface area (Å²) in [5, 5.41) is 3.35. The minimum atomic E-state index is 0.983. The summed E-state index contributed by atoms with van der Waals surface area (Å²) in [6.45, 7) is 9.77. The normalized spacial score (nSPS) is 11.3. The third kappa shape index (κ3) is 6.87. The van der Waals surface area contributed by atoms with E-state index in [0.717, 1.165) is 45.0 Å². The van der Waals surface area contributed by atoms with Crippen LogP contribution in [0.25, 0.3) is 0 Å². The Morgan fingerprint density at radius 1 is 1.20 bits per heavy atom. The Kier molecular flexibility index (Phi) is 8.23. The lowest BCUT2D eigenvalue weighted by molar-refractivity contribution is 0.259. The first-order valence-electron chi connectivity index (χ1n) is 7.71. The van der Waals surface area contributed by atoms with Crippen molar-refractivity contribution in [1.82, 2.24) is 14.8 Å². The molecule has 0 amide bonds. The zero-order chi connectivity index (χ0) is 14.8. The lowest BCUT2D eigenvalue weighted by atomic mass is 10.2. The highest BCUT2D eigenvalue weighted by Gasteiger charge is 2.05. The van der Waals surface area contributed by atoms with E-state index in [1.54, 1.807) is 0 Å². The third-order valence-electron chi connectivity index (χ3n) is 3.31. The van der Waals surface area contributed by atoms with Crippen molar-refractivity contribution in [1.29, 1.82) is 0 Å². The Labute approximate surface area is 124 Å². The number of nitrogens with one attached hydrogen (secondary N) is 1. The van der Waals surface area contributed by atoms with Gasteiger partial charge in [0.2, 0.25) is 0 Å². The summed E-state index contributed by atoms with van der Waals surface area (Å²) in [7, 11) is 4.26. The number of rotatable bonds is 10. The first-order chi connectivity index (χ1) is 9.65. The molecule has 114 valence electrons. The predicted molar refractivity (Wildman–Crippen MR) is 87.1 cm³/mol. The molecule has 4 heteroatoms. The Bertz CT molecular complexity index is 365. The van der Waals surface area contributed by atoms with Gasteiger partial charge in [0, 0.05) is 19.3 Å². The smallest absolute Gasteiger partial charge is 0.126 e. The van der Waals surface area contributed by atoms with Gasteiger partial charge in [0.1, 0.15) is 5.82 Å². The highest BCUT2D eigenvalue weighted by atomic mass is 15.1. The number of anilines is 1. The van der Waals surface area contributed by atoms with Crippen molar-refractivity contribution in [3.63, 3.8) is 0 Å². The summed E-state index contributed by atoms with van der Waals surface area (Å²) in [6, 6.07) is 4.29. The molecule has 1 aromatic rings. The third-order valence-corrected chi connectivity index (χ3v) is 3.31. The predicted octanol–water partition coefficient (Wildman–Crippen LogP) is 2.68. The fraction of sp³-hybridized carbons (Fsp3) is 0.688. The standard InChI is InChI=1S/C16H30N4/c1-5-9-17-16-13-15(8-10-18-16)14-20(6-2)12-7-11-19(3)4/h8,10,13H,5-7,9,11-12,14H2,1-4H3,(H,17,18). The molecule has 0 bridgehead atoms. The van der Waals surface area contributed by atoms with Crippen LogP contribution >= 0.6 is 0 Å². The van der Waals surface area contributed by atoms with Crippen LogP contribution in [0.2, 0.25) is 0 Å². The molecule has 0 aliphatic rings. The fourth-order valence-electron chi connectivity index (χ4n) is 2.14.